The van der Waals surface area contributed by atoms with Gasteiger partial charge >= 0.3 is 0 Å². The highest BCUT2D eigenvalue weighted by molar-refractivity contribution is 7.21. The highest BCUT2D eigenvalue weighted by Gasteiger charge is 2.24. The van der Waals surface area contributed by atoms with Gasteiger partial charge in [0.25, 0.3) is 5.91 Å². The number of ether oxygens (including phenoxy) is 1. The van der Waals surface area contributed by atoms with Crippen LogP contribution in [0.15, 0.2) is 18.2 Å². The number of benzene rings is 1. The fourth-order valence-corrected chi connectivity index (χ4v) is 4.16. The molecule has 1 aromatic heterocycles. The van der Waals surface area contributed by atoms with Gasteiger partial charge in [-0.25, -0.2) is 4.39 Å². The van der Waals surface area contributed by atoms with Crippen LogP contribution >= 0.6 is 11.3 Å². The summed E-state index contributed by atoms with van der Waals surface area (Å²) in [7, 11) is 3.65. The molecule has 0 atom stereocenters. The maximum atomic E-state index is 14.2. The van der Waals surface area contributed by atoms with Crippen LogP contribution in [0.3, 0.4) is 0 Å². The van der Waals surface area contributed by atoms with E-state index in [-0.39, 0.29) is 24.4 Å². The van der Waals surface area contributed by atoms with Crippen molar-refractivity contribution in [1.82, 2.24) is 10.2 Å². The molecule has 4 nitrogen and oxygen atoms in total. The molecular weight excluding hydrogens is 315 g/mol. The number of amides is 1. The lowest BCUT2D eigenvalue weighted by Crippen LogP contribution is -2.43. The van der Waals surface area contributed by atoms with Crippen LogP contribution in [0.2, 0.25) is 0 Å². The van der Waals surface area contributed by atoms with E-state index in [1.54, 1.807) is 13.2 Å². The lowest BCUT2D eigenvalue weighted by Gasteiger charge is -2.29. The van der Waals surface area contributed by atoms with Crippen molar-refractivity contribution in [3.8, 4) is 0 Å². The second-order valence-corrected chi connectivity index (χ2v) is 7.06. The first-order valence-electron chi connectivity index (χ1n) is 7.78. The van der Waals surface area contributed by atoms with Crippen molar-refractivity contribution in [3.05, 3.63) is 34.5 Å². The van der Waals surface area contributed by atoms with Crippen LogP contribution in [-0.2, 0) is 11.3 Å². The van der Waals surface area contributed by atoms with Gasteiger partial charge in [0.2, 0.25) is 0 Å². The number of hydrogen-bond acceptors (Lipinski definition) is 4. The minimum absolute atomic E-state index is 0.118. The normalized spacial score (nSPS) is 16.8. The molecule has 0 saturated carbocycles. The zero-order chi connectivity index (χ0) is 16.4. The van der Waals surface area contributed by atoms with E-state index in [9.17, 15) is 9.18 Å². The summed E-state index contributed by atoms with van der Waals surface area (Å²) >= 11 is 1.33. The second-order valence-electron chi connectivity index (χ2n) is 6.01. The molecule has 23 heavy (non-hydrogen) atoms. The van der Waals surface area contributed by atoms with Crippen LogP contribution < -0.4 is 5.32 Å². The van der Waals surface area contributed by atoms with Gasteiger partial charge in [0.15, 0.2) is 0 Å². The number of methoxy groups -OCH3 is 1. The van der Waals surface area contributed by atoms with Crippen LogP contribution in [0.25, 0.3) is 10.1 Å². The van der Waals surface area contributed by atoms with Gasteiger partial charge in [-0.05, 0) is 45.1 Å². The predicted octanol–water partition coefficient (Wildman–Crippen LogP) is 3.01. The summed E-state index contributed by atoms with van der Waals surface area (Å²) < 4.78 is 20.1. The number of nitrogens with zero attached hydrogens (tertiary/aromatic N) is 1. The Morgan fingerprint density at radius 1 is 1.43 bits per heavy atom. The molecule has 1 aliphatic heterocycles. The molecule has 124 valence electrons. The van der Waals surface area contributed by atoms with Gasteiger partial charge in [-0.3, -0.25) is 4.79 Å². The van der Waals surface area contributed by atoms with Crippen molar-refractivity contribution in [3.63, 3.8) is 0 Å². The van der Waals surface area contributed by atoms with E-state index in [0.29, 0.717) is 15.8 Å². The smallest absolute Gasteiger partial charge is 0.261 e. The quantitative estimate of drug-likeness (QED) is 0.933. The monoisotopic (exact) mass is 336 g/mol. The van der Waals surface area contributed by atoms with Gasteiger partial charge in [-0.15, -0.1) is 11.3 Å². The fraction of sp³-hybridized carbons (Fsp3) is 0.471. The maximum absolute atomic E-state index is 14.2. The third-order valence-electron chi connectivity index (χ3n) is 4.31. The molecule has 6 heteroatoms. The Hall–Kier alpha value is -1.50. The van der Waals surface area contributed by atoms with Crippen LogP contribution in [0, 0.1) is 5.82 Å². The summed E-state index contributed by atoms with van der Waals surface area (Å²) in [6.45, 7) is 2.20. The van der Waals surface area contributed by atoms with Crippen molar-refractivity contribution in [1.29, 1.82) is 0 Å². The molecule has 0 aliphatic carbocycles. The number of rotatable bonds is 4. The van der Waals surface area contributed by atoms with Crippen molar-refractivity contribution in [2.45, 2.75) is 25.5 Å². The predicted molar refractivity (Wildman–Crippen MR) is 90.5 cm³/mol. The largest absolute Gasteiger partial charge is 0.380 e. The molecule has 1 N–H and O–H groups in total. The first-order chi connectivity index (χ1) is 11.1. The Balaban J connectivity index is 1.87. The van der Waals surface area contributed by atoms with Gasteiger partial charge in [-0.2, -0.15) is 0 Å². The Labute approximate surface area is 139 Å². The topological polar surface area (TPSA) is 41.6 Å². The van der Waals surface area contributed by atoms with Gasteiger partial charge in [0.1, 0.15) is 5.82 Å². The number of nitrogens with one attached hydrogen (secondary N) is 1. The lowest BCUT2D eigenvalue weighted by molar-refractivity contribution is 0.0917. The van der Waals surface area contributed by atoms with Gasteiger partial charge in [0.05, 0.1) is 11.5 Å². The molecule has 2 aromatic rings. The second kappa shape index (κ2) is 6.95. The molecular formula is C17H21FN2O2S. The highest BCUT2D eigenvalue weighted by Crippen LogP contribution is 2.34. The van der Waals surface area contributed by atoms with Gasteiger partial charge in [0, 0.05) is 28.8 Å². The zero-order valence-corrected chi connectivity index (χ0v) is 14.2. The van der Waals surface area contributed by atoms with Gasteiger partial charge < -0.3 is 15.0 Å². The molecule has 2 heterocycles. The molecule has 0 bridgehead atoms. The van der Waals surface area contributed by atoms with Crippen molar-refractivity contribution in [2.24, 2.45) is 0 Å². The number of hydrogen-bond donors (Lipinski definition) is 1. The molecule has 0 spiro atoms. The number of carbonyl (C=O) groups is 1. The van der Waals surface area contributed by atoms with Crippen molar-refractivity contribution in [2.75, 3.05) is 27.2 Å². The van der Waals surface area contributed by atoms with E-state index in [1.807, 2.05) is 6.07 Å². The van der Waals surface area contributed by atoms with Crippen molar-refractivity contribution >= 4 is 27.3 Å². The minimum atomic E-state index is -0.302. The molecule has 1 amide bonds. The van der Waals surface area contributed by atoms with Crippen LogP contribution in [0.4, 0.5) is 4.39 Å². The lowest BCUT2D eigenvalue weighted by atomic mass is 10.0. The average molecular weight is 336 g/mol. The van der Waals surface area contributed by atoms with E-state index in [2.05, 4.69) is 17.3 Å². The molecule has 1 aromatic carbocycles. The summed E-state index contributed by atoms with van der Waals surface area (Å²) in [5.74, 6) is -0.420. The molecule has 0 unspecified atom stereocenters. The minimum Gasteiger partial charge on any atom is -0.380 e. The number of fused-ring (bicyclic) bond motifs is 1. The first kappa shape index (κ1) is 16.4. The van der Waals surface area contributed by atoms with E-state index >= 15 is 0 Å². The summed E-state index contributed by atoms with van der Waals surface area (Å²) in [5, 5.41) is 3.61. The summed E-state index contributed by atoms with van der Waals surface area (Å²) in [5.41, 5.74) is 0.649. The molecule has 1 fully saturated rings. The third-order valence-corrected chi connectivity index (χ3v) is 5.51. The van der Waals surface area contributed by atoms with E-state index in [1.165, 1.54) is 17.4 Å². The standard InChI is InChI=1S/C17H21FN2O2S/c1-20-8-6-11(7-9-20)19-17(21)16-12(10-22-2)15-13(18)4-3-5-14(15)23-16/h3-5,11H,6-10H2,1-2H3,(H,19,21). The third kappa shape index (κ3) is 3.39. The Morgan fingerprint density at radius 2 is 2.17 bits per heavy atom. The van der Waals surface area contributed by atoms with E-state index in [0.717, 1.165) is 30.6 Å². The fourth-order valence-electron chi connectivity index (χ4n) is 3.04. The van der Waals surface area contributed by atoms with Gasteiger partial charge in [-0.1, -0.05) is 6.07 Å². The maximum Gasteiger partial charge on any atom is 0.261 e. The Morgan fingerprint density at radius 3 is 2.87 bits per heavy atom. The number of carbonyl (C=O) groups excluding carboxylic acids is 1. The molecule has 3 rings (SSSR count). The van der Waals surface area contributed by atoms with Crippen LogP contribution in [0.5, 0.6) is 0 Å². The number of thiophene rings is 1. The van der Waals surface area contributed by atoms with Crippen LogP contribution in [0.1, 0.15) is 28.1 Å². The number of likely N-dealkylation sites (tertiary alicyclic amines) is 1. The van der Waals surface area contributed by atoms with E-state index in [4.69, 9.17) is 4.74 Å². The summed E-state index contributed by atoms with van der Waals surface area (Å²) in [6.07, 6.45) is 1.89. The Kier molecular flexibility index (Phi) is 4.94. The summed E-state index contributed by atoms with van der Waals surface area (Å²) in [6, 6.07) is 5.12. The van der Waals surface area contributed by atoms with Crippen LogP contribution in [-0.4, -0.2) is 44.1 Å². The molecule has 0 radical (unpaired) electrons. The molecule has 1 saturated heterocycles. The first-order valence-corrected chi connectivity index (χ1v) is 8.60. The Bertz CT molecular complexity index is 708. The average Bonchev–Trinajstić information content (AvgIpc) is 2.90. The van der Waals surface area contributed by atoms with E-state index < -0.39 is 0 Å². The number of piperidine rings is 1. The summed E-state index contributed by atoms with van der Waals surface area (Å²) in [4.78, 5) is 15.5. The highest BCUT2D eigenvalue weighted by atomic mass is 32.1. The number of halogens is 1. The zero-order valence-electron chi connectivity index (χ0n) is 13.4. The molecule has 1 aliphatic rings. The SMILES string of the molecule is COCc1c(C(=O)NC2CCN(C)CC2)sc2cccc(F)c12. The van der Waals surface area contributed by atoms with Crippen molar-refractivity contribution < 1.29 is 13.9 Å².